The SMILES string of the molecule is C1CC[C](C2CCCO2)C1. The van der Waals surface area contributed by atoms with E-state index < -0.39 is 0 Å². The molecule has 1 heterocycles. The number of rotatable bonds is 1. The first-order valence-electron chi connectivity index (χ1n) is 4.43. The second kappa shape index (κ2) is 2.91. The molecule has 1 saturated carbocycles. The van der Waals surface area contributed by atoms with Crippen molar-refractivity contribution in [1.82, 2.24) is 0 Å². The van der Waals surface area contributed by atoms with Gasteiger partial charge in [-0.15, -0.1) is 0 Å². The first-order chi connectivity index (χ1) is 4.97. The highest BCUT2D eigenvalue weighted by Gasteiger charge is 2.28. The Kier molecular flexibility index (Phi) is 1.94. The second-order valence-electron chi connectivity index (χ2n) is 3.37. The Morgan fingerprint density at radius 1 is 1.10 bits per heavy atom. The van der Waals surface area contributed by atoms with Gasteiger partial charge in [0.15, 0.2) is 0 Å². The summed E-state index contributed by atoms with van der Waals surface area (Å²) >= 11 is 0. The molecule has 1 aliphatic heterocycles. The van der Waals surface area contributed by atoms with Crippen LogP contribution in [-0.4, -0.2) is 12.7 Å². The highest BCUT2D eigenvalue weighted by atomic mass is 16.5. The molecule has 1 radical (unpaired) electrons. The minimum Gasteiger partial charge on any atom is -0.378 e. The first kappa shape index (κ1) is 6.66. The Morgan fingerprint density at radius 2 is 1.90 bits per heavy atom. The molecular weight excluding hydrogens is 124 g/mol. The molecule has 0 N–H and O–H groups in total. The third-order valence-corrected chi connectivity index (χ3v) is 2.63. The van der Waals surface area contributed by atoms with Gasteiger partial charge in [0.1, 0.15) is 0 Å². The summed E-state index contributed by atoms with van der Waals surface area (Å²) in [6.07, 6.45) is 8.69. The van der Waals surface area contributed by atoms with E-state index >= 15 is 0 Å². The van der Waals surface area contributed by atoms with E-state index in [9.17, 15) is 0 Å². The molecule has 1 heteroatoms. The zero-order chi connectivity index (χ0) is 6.81. The normalized spacial score (nSPS) is 35.4. The van der Waals surface area contributed by atoms with E-state index in [1.807, 2.05) is 0 Å². The first-order valence-corrected chi connectivity index (χ1v) is 4.43. The molecule has 1 saturated heterocycles. The van der Waals surface area contributed by atoms with Crippen molar-refractivity contribution in [3.63, 3.8) is 0 Å². The van der Waals surface area contributed by atoms with Gasteiger partial charge in [-0.1, -0.05) is 12.8 Å². The molecule has 1 unspecified atom stereocenters. The van der Waals surface area contributed by atoms with Crippen LogP contribution in [0.2, 0.25) is 0 Å². The highest BCUT2D eigenvalue weighted by Crippen LogP contribution is 2.35. The van der Waals surface area contributed by atoms with Crippen LogP contribution < -0.4 is 0 Å². The van der Waals surface area contributed by atoms with Crippen molar-refractivity contribution in [1.29, 1.82) is 0 Å². The van der Waals surface area contributed by atoms with Crippen LogP contribution in [0.5, 0.6) is 0 Å². The summed E-state index contributed by atoms with van der Waals surface area (Å²) in [4.78, 5) is 0. The van der Waals surface area contributed by atoms with Crippen LogP contribution in [0.1, 0.15) is 38.5 Å². The Bertz CT molecular complexity index is 85.3. The van der Waals surface area contributed by atoms with E-state index in [-0.39, 0.29) is 0 Å². The van der Waals surface area contributed by atoms with E-state index in [2.05, 4.69) is 0 Å². The quantitative estimate of drug-likeness (QED) is 0.541. The van der Waals surface area contributed by atoms with E-state index in [0.29, 0.717) is 6.10 Å². The van der Waals surface area contributed by atoms with Gasteiger partial charge < -0.3 is 4.74 Å². The molecule has 10 heavy (non-hydrogen) atoms. The molecule has 2 aliphatic rings. The average molecular weight is 139 g/mol. The molecule has 0 bridgehead atoms. The zero-order valence-electron chi connectivity index (χ0n) is 6.44. The summed E-state index contributed by atoms with van der Waals surface area (Å²) in [7, 11) is 0. The lowest BCUT2D eigenvalue weighted by molar-refractivity contribution is 0.117. The molecule has 0 aromatic heterocycles. The van der Waals surface area contributed by atoms with Gasteiger partial charge in [-0.05, 0) is 25.7 Å². The molecule has 2 rings (SSSR count). The molecule has 1 nitrogen and oxygen atoms in total. The molecule has 1 atom stereocenters. The molecule has 0 aromatic rings. The minimum absolute atomic E-state index is 0.572. The van der Waals surface area contributed by atoms with Gasteiger partial charge in [0.25, 0.3) is 0 Å². The summed E-state index contributed by atoms with van der Waals surface area (Å²) in [5, 5.41) is 0. The fourth-order valence-electron chi connectivity index (χ4n) is 2.05. The van der Waals surface area contributed by atoms with Crippen LogP contribution in [0.25, 0.3) is 0 Å². The summed E-state index contributed by atoms with van der Waals surface area (Å²) in [5.74, 6) is 1.71. The fraction of sp³-hybridized carbons (Fsp3) is 0.889. The maximum absolute atomic E-state index is 5.60. The maximum Gasteiger partial charge on any atom is 0.0638 e. The minimum atomic E-state index is 0.572. The molecule has 0 amide bonds. The van der Waals surface area contributed by atoms with Crippen LogP contribution >= 0.6 is 0 Å². The molecule has 57 valence electrons. The van der Waals surface area contributed by atoms with E-state index in [1.54, 1.807) is 5.92 Å². The van der Waals surface area contributed by atoms with Gasteiger partial charge >= 0.3 is 0 Å². The van der Waals surface area contributed by atoms with Crippen molar-refractivity contribution < 1.29 is 4.74 Å². The summed E-state index contributed by atoms with van der Waals surface area (Å²) < 4.78 is 5.60. The van der Waals surface area contributed by atoms with Crippen LogP contribution in [0.4, 0.5) is 0 Å². The van der Waals surface area contributed by atoms with Gasteiger partial charge in [-0.3, -0.25) is 0 Å². The second-order valence-corrected chi connectivity index (χ2v) is 3.37. The summed E-state index contributed by atoms with van der Waals surface area (Å²) in [6, 6.07) is 0. The smallest absolute Gasteiger partial charge is 0.0638 e. The zero-order valence-corrected chi connectivity index (χ0v) is 6.44. The predicted molar refractivity (Wildman–Crippen MR) is 40.7 cm³/mol. The highest BCUT2D eigenvalue weighted by molar-refractivity contribution is 5.02. The van der Waals surface area contributed by atoms with Gasteiger partial charge in [0, 0.05) is 12.5 Å². The topological polar surface area (TPSA) is 9.23 Å². The van der Waals surface area contributed by atoms with E-state index in [1.165, 1.54) is 38.5 Å². The van der Waals surface area contributed by atoms with Crippen molar-refractivity contribution in [2.24, 2.45) is 0 Å². The molecule has 0 spiro atoms. The van der Waals surface area contributed by atoms with Crippen LogP contribution in [0, 0.1) is 5.92 Å². The molecule has 1 aliphatic carbocycles. The lowest BCUT2D eigenvalue weighted by Gasteiger charge is -2.15. The predicted octanol–water partition coefficient (Wildman–Crippen LogP) is 2.31. The fourth-order valence-corrected chi connectivity index (χ4v) is 2.05. The van der Waals surface area contributed by atoms with Crippen molar-refractivity contribution in [2.75, 3.05) is 6.61 Å². The third-order valence-electron chi connectivity index (χ3n) is 2.63. The number of ether oxygens (including phenoxy) is 1. The summed E-state index contributed by atoms with van der Waals surface area (Å²) in [6.45, 7) is 1.01. The summed E-state index contributed by atoms with van der Waals surface area (Å²) in [5.41, 5.74) is 0. The Morgan fingerprint density at radius 3 is 2.50 bits per heavy atom. The largest absolute Gasteiger partial charge is 0.378 e. The van der Waals surface area contributed by atoms with Crippen molar-refractivity contribution in [3.05, 3.63) is 5.92 Å². The lowest BCUT2D eigenvalue weighted by atomic mass is 9.99. The third kappa shape index (κ3) is 1.20. The maximum atomic E-state index is 5.60. The Balaban J connectivity index is 1.85. The molecular formula is C9H15O. The van der Waals surface area contributed by atoms with Crippen molar-refractivity contribution >= 4 is 0 Å². The van der Waals surface area contributed by atoms with E-state index in [4.69, 9.17) is 4.74 Å². The average Bonchev–Trinajstić information content (AvgIpc) is 2.59. The molecule has 0 aromatic carbocycles. The van der Waals surface area contributed by atoms with Crippen molar-refractivity contribution in [3.8, 4) is 0 Å². The van der Waals surface area contributed by atoms with Gasteiger partial charge in [-0.2, -0.15) is 0 Å². The Labute approximate surface area is 62.8 Å². The van der Waals surface area contributed by atoms with E-state index in [0.717, 1.165) is 6.61 Å². The van der Waals surface area contributed by atoms with Gasteiger partial charge in [0.05, 0.1) is 6.10 Å². The molecule has 2 fully saturated rings. The van der Waals surface area contributed by atoms with Crippen LogP contribution in [-0.2, 0) is 4.74 Å². The van der Waals surface area contributed by atoms with Crippen molar-refractivity contribution in [2.45, 2.75) is 44.6 Å². The lowest BCUT2D eigenvalue weighted by Crippen LogP contribution is -2.13. The van der Waals surface area contributed by atoms with Crippen LogP contribution in [0.15, 0.2) is 0 Å². The van der Waals surface area contributed by atoms with Crippen LogP contribution in [0.3, 0.4) is 0 Å². The van der Waals surface area contributed by atoms with Gasteiger partial charge in [0.2, 0.25) is 0 Å². The standard InChI is InChI=1S/C9H15O/c1-2-5-8(4-1)9-6-3-7-10-9/h9H,1-7H2. The number of hydrogen-bond acceptors (Lipinski definition) is 1. The monoisotopic (exact) mass is 139 g/mol. The number of hydrogen-bond donors (Lipinski definition) is 0. The Hall–Kier alpha value is -0.0400. The van der Waals surface area contributed by atoms with Gasteiger partial charge in [-0.25, -0.2) is 0 Å².